The van der Waals surface area contributed by atoms with Crippen LogP contribution in [0, 0.1) is 0 Å². The third-order valence-electron chi connectivity index (χ3n) is 3.03. The molecular weight excluding hydrogens is 200 g/mol. The molecule has 0 bridgehead atoms. The molecule has 1 aromatic heterocycles. The van der Waals surface area contributed by atoms with Crippen molar-refractivity contribution in [3.63, 3.8) is 0 Å². The molecule has 0 aromatic carbocycles. The van der Waals surface area contributed by atoms with Crippen molar-refractivity contribution in [2.75, 3.05) is 0 Å². The van der Waals surface area contributed by atoms with E-state index in [0.717, 1.165) is 18.5 Å². The number of imidazole rings is 1. The summed E-state index contributed by atoms with van der Waals surface area (Å²) in [6, 6.07) is 0. The lowest BCUT2D eigenvalue weighted by Gasteiger charge is -2.10. The third-order valence-corrected chi connectivity index (χ3v) is 3.03. The van der Waals surface area contributed by atoms with Crippen LogP contribution < -0.4 is 0 Å². The Balaban J connectivity index is 2.11. The summed E-state index contributed by atoms with van der Waals surface area (Å²) >= 11 is 0. The highest BCUT2D eigenvalue weighted by molar-refractivity contribution is 5.01. The lowest BCUT2D eigenvalue weighted by atomic mass is 10.1. The van der Waals surface area contributed by atoms with Crippen LogP contribution in [0.2, 0.25) is 0 Å². The van der Waals surface area contributed by atoms with E-state index in [4.69, 9.17) is 0 Å². The lowest BCUT2D eigenvalue weighted by Crippen LogP contribution is -2.03. The number of aliphatic hydroxyl groups excluding tert-OH is 1. The second-order valence-corrected chi connectivity index (χ2v) is 4.50. The molecule has 0 fully saturated rings. The molecule has 0 saturated carbocycles. The molecule has 1 aromatic rings. The van der Waals surface area contributed by atoms with Crippen LogP contribution in [0.25, 0.3) is 0 Å². The van der Waals surface area contributed by atoms with Crippen LogP contribution in [0.15, 0.2) is 12.5 Å². The fourth-order valence-electron chi connectivity index (χ4n) is 1.95. The van der Waals surface area contributed by atoms with Crippen molar-refractivity contribution in [2.24, 2.45) is 7.05 Å². The summed E-state index contributed by atoms with van der Waals surface area (Å²) in [5.41, 5.74) is 0.925. The predicted octanol–water partition coefficient (Wildman–Crippen LogP) is 3.20. The molecule has 1 unspecified atom stereocenters. The largest absolute Gasteiger partial charge is 0.387 e. The molecule has 1 rings (SSSR count). The molecule has 3 heteroatoms. The zero-order valence-electron chi connectivity index (χ0n) is 10.5. The van der Waals surface area contributed by atoms with Crippen LogP contribution in [0.4, 0.5) is 0 Å². The summed E-state index contributed by atoms with van der Waals surface area (Å²) in [5.74, 6) is 0. The summed E-state index contributed by atoms with van der Waals surface area (Å²) in [6.07, 6.45) is 11.6. The SMILES string of the molecule is CCCCCCCCC(O)c1cncn1C. The minimum absolute atomic E-state index is 0.348. The van der Waals surface area contributed by atoms with Gasteiger partial charge in [-0.2, -0.15) is 0 Å². The molecule has 0 aliphatic rings. The molecule has 0 aliphatic carbocycles. The van der Waals surface area contributed by atoms with E-state index in [9.17, 15) is 5.11 Å². The van der Waals surface area contributed by atoms with E-state index in [1.165, 1.54) is 32.1 Å². The second kappa shape index (κ2) is 7.44. The van der Waals surface area contributed by atoms with E-state index in [2.05, 4.69) is 11.9 Å². The summed E-state index contributed by atoms with van der Waals surface area (Å²) in [4.78, 5) is 4.01. The number of hydrogen-bond donors (Lipinski definition) is 1. The molecule has 0 amide bonds. The second-order valence-electron chi connectivity index (χ2n) is 4.50. The molecule has 1 N–H and O–H groups in total. The van der Waals surface area contributed by atoms with Crippen LogP contribution in [0.3, 0.4) is 0 Å². The Labute approximate surface area is 98.5 Å². The zero-order valence-corrected chi connectivity index (χ0v) is 10.5. The maximum absolute atomic E-state index is 9.93. The van der Waals surface area contributed by atoms with Gasteiger partial charge in [-0.3, -0.25) is 0 Å². The molecule has 0 radical (unpaired) electrons. The van der Waals surface area contributed by atoms with Crippen LogP contribution in [0.1, 0.15) is 63.7 Å². The first-order valence-electron chi connectivity index (χ1n) is 6.40. The number of aromatic nitrogens is 2. The van der Waals surface area contributed by atoms with Gasteiger partial charge in [0, 0.05) is 7.05 Å². The van der Waals surface area contributed by atoms with Crippen molar-refractivity contribution < 1.29 is 5.11 Å². The molecule has 16 heavy (non-hydrogen) atoms. The van der Waals surface area contributed by atoms with Gasteiger partial charge in [0.05, 0.1) is 24.3 Å². The quantitative estimate of drug-likeness (QED) is 0.689. The van der Waals surface area contributed by atoms with Gasteiger partial charge >= 0.3 is 0 Å². The standard InChI is InChI=1S/C13H24N2O/c1-3-4-5-6-7-8-9-13(16)12-10-14-11-15(12)2/h10-11,13,16H,3-9H2,1-2H3. The summed E-state index contributed by atoms with van der Waals surface area (Å²) in [6.45, 7) is 2.23. The van der Waals surface area contributed by atoms with E-state index >= 15 is 0 Å². The molecule has 0 aliphatic heterocycles. The maximum atomic E-state index is 9.93. The molecular formula is C13H24N2O. The number of nitrogens with zero attached hydrogens (tertiary/aromatic N) is 2. The van der Waals surface area contributed by atoms with Gasteiger partial charge in [0.2, 0.25) is 0 Å². The Kier molecular flexibility index (Phi) is 6.16. The van der Waals surface area contributed by atoms with Crippen molar-refractivity contribution in [3.05, 3.63) is 18.2 Å². The third kappa shape index (κ3) is 4.35. The van der Waals surface area contributed by atoms with Gasteiger partial charge < -0.3 is 9.67 Å². The Hall–Kier alpha value is -0.830. The molecule has 0 saturated heterocycles. The Morgan fingerprint density at radius 1 is 1.25 bits per heavy atom. The number of unbranched alkanes of at least 4 members (excludes halogenated alkanes) is 5. The maximum Gasteiger partial charge on any atom is 0.0955 e. The Bertz CT molecular complexity index is 283. The normalized spacial score (nSPS) is 12.9. The number of rotatable bonds is 8. The van der Waals surface area contributed by atoms with Gasteiger partial charge in [-0.25, -0.2) is 4.98 Å². The van der Waals surface area contributed by atoms with Crippen molar-refractivity contribution in [1.29, 1.82) is 0 Å². The Morgan fingerprint density at radius 2 is 1.94 bits per heavy atom. The highest BCUT2D eigenvalue weighted by Crippen LogP contribution is 2.19. The number of aryl methyl sites for hydroxylation is 1. The highest BCUT2D eigenvalue weighted by atomic mass is 16.3. The molecule has 1 heterocycles. The first-order chi connectivity index (χ1) is 7.75. The van der Waals surface area contributed by atoms with Crippen molar-refractivity contribution in [3.8, 4) is 0 Å². The fourth-order valence-corrected chi connectivity index (χ4v) is 1.95. The summed E-state index contributed by atoms with van der Waals surface area (Å²) < 4.78 is 1.89. The van der Waals surface area contributed by atoms with Gasteiger partial charge in [0.1, 0.15) is 0 Å². The monoisotopic (exact) mass is 224 g/mol. The lowest BCUT2D eigenvalue weighted by molar-refractivity contribution is 0.155. The zero-order chi connectivity index (χ0) is 11.8. The van der Waals surface area contributed by atoms with E-state index in [1.54, 1.807) is 12.5 Å². The molecule has 1 atom stereocenters. The smallest absolute Gasteiger partial charge is 0.0955 e. The van der Waals surface area contributed by atoms with Crippen LogP contribution in [0.5, 0.6) is 0 Å². The fraction of sp³-hybridized carbons (Fsp3) is 0.769. The van der Waals surface area contributed by atoms with Gasteiger partial charge in [0.25, 0.3) is 0 Å². The molecule has 3 nitrogen and oxygen atoms in total. The van der Waals surface area contributed by atoms with Crippen LogP contribution >= 0.6 is 0 Å². The van der Waals surface area contributed by atoms with E-state index in [1.807, 2.05) is 11.6 Å². The first-order valence-corrected chi connectivity index (χ1v) is 6.40. The first kappa shape index (κ1) is 13.2. The number of aliphatic hydroxyl groups is 1. The average Bonchev–Trinajstić information content (AvgIpc) is 2.69. The summed E-state index contributed by atoms with van der Waals surface area (Å²) in [5, 5.41) is 9.93. The molecule has 92 valence electrons. The summed E-state index contributed by atoms with van der Waals surface area (Å²) in [7, 11) is 1.92. The van der Waals surface area contributed by atoms with E-state index in [0.29, 0.717) is 0 Å². The van der Waals surface area contributed by atoms with Crippen LogP contribution in [-0.4, -0.2) is 14.7 Å². The average molecular weight is 224 g/mol. The predicted molar refractivity (Wildman–Crippen MR) is 66.2 cm³/mol. The minimum Gasteiger partial charge on any atom is -0.387 e. The van der Waals surface area contributed by atoms with Gasteiger partial charge in [-0.05, 0) is 6.42 Å². The van der Waals surface area contributed by atoms with Crippen molar-refractivity contribution in [2.45, 2.75) is 58.0 Å². The van der Waals surface area contributed by atoms with E-state index < -0.39 is 0 Å². The van der Waals surface area contributed by atoms with Gasteiger partial charge in [-0.15, -0.1) is 0 Å². The van der Waals surface area contributed by atoms with Crippen LogP contribution in [-0.2, 0) is 7.05 Å². The number of hydrogen-bond acceptors (Lipinski definition) is 2. The van der Waals surface area contributed by atoms with E-state index in [-0.39, 0.29) is 6.10 Å². The Morgan fingerprint density at radius 3 is 2.56 bits per heavy atom. The minimum atomic E-state index is -0.348. The topological polar surface area (TPSA) is 38.1 Å². The van der Waals surface area contributed by atoms with Gasteiger partial charge in [-0.1, -0.05) is 45.4 Å². The van der Waals surface area contributed by atoms with Crippen molar-refractivity contribution in [1.82, 2.24) is 9.55 Å². The van der Waals surface area contributed by atoms with Gasteiger partial charge in [0.15, 0.2) is 0 Å². The van der Waals surface area contributed by atoms with Crippen molar-refractivity contribution >= 4 is 0 Å². The highest BCUT2D eigenvalue weighted by Gasteiger charge is 2.10. The molecule has 0 spiro atoms.